The van der Waals surface area contributed by atoms with Crippen LogP contribution in [0.1, 0.15) is 56.1 Å². The highest BCUT2D eigenvalue weighted by molar-refractivity contribution is 7.13. The number of aromatic amines is 2. The molecule has 210 valence electrons. The highest BCUT2D eigenvalue weighted by atomic mass is 32.1. The molecule has 9 nitrogen and oxygen atoms in total. The standard InChI is InChI=1S/C30H29FN6O3S/c1-16-25(41-17(2)32-16)29(39)36(3)21-12-10-19(11-13-21)22(14-20-6-4-5-7-23(20)31)26-33-24-27(34-26)37(15-18-8-9-18)30(40)35-28(24)38/h4-7,10-13,18,22H,8-9,14-15H2,1-3H3,(H,33,34)(H,35,38,40). The lowest BCUT2D eigenvalue weighted by molar-refractivity contribution is 0.0996. The lowest BCUT2D eigenvalue weighted by Gasteiger charge is -2.20. The van der Waals surface area contributed by atoms with E-state index in [1.807, 2.05) is 38.1 Å². The molecular formula is C30H29FN6O3S. The minimum atomic E-state index is -0.537. The van der Waals surface area contributed by atoms with Crippen molar-refractivity contribution in [2.45, 2.75) is 45.6 Å². The number of anilines is 1. The summed E-state index contributed by atoms with van der Waals surface area (Å²) >= 11 is 1.36. The Morgan fingerprint density at radius 2 is 1.83 bits per heavy atom. The molecular weight excluding hydrogens is 543 g/mol. The molecule has 1 atom stereocenters. The minimum absolute atomic E-state index is 0.145. The van der Waals surface area contributed by atoms with Crippen molar-refractivity contribution in [1.82, 2.24) is 24.5 Å². The van der Waals surface area contributed by atoms with E-state index in [9.17, 15) is 18.8 Å². The van der Waals surface area contributed by atoms with Crippen molar-refractivity contribution in [3.05, 3.63) is 108 Å². The molecule has 1 fully saturated rings. The van der Waals surface area contributed by atoms with Crippen molar-refractivity contribution < 1.29 is 9.18 Å². The molecule has 0 spiro atoms. The van der Waals surface area contributed by atoms with Gasteiger partial charge in [-0.3, -0.25) is 19.1 Å². The number of halogens is 1. The molecule has 0 radical (unpaired) electrons. The SMILES string of the molecule is Cc1nc(C)c(C(=O)N(C)c2ccc(C(Cc3ccccc3F)c3nc4c([nH]3)c(=O)[nH]c(=O)n4CC3CC3)cc2)s1. The molecule has 11 heteroatoms. The number of rotatable bonds is 8. The molecule has 0 saturated heterocycles. The number of nitrogens with zero attached hydrogens (tertiary/aromatic N) is 4. The second-order valence-corrected chi connectivity index (χ2v) is 11.8. The summed E-state index contributed by atoms with van der Waals surface area (Å²) in [5, 5.41) is 0.831. The van der Waals surface area contributed by atoms with Gasteiger partial charge in [-0.2, -0.15) is 0 Å². The summed E-state index contributed by atoms with van der Waals surface area (Å²) in [4.78, 5) is 55.3. The number of amides is 1. The van der Waals surface area contributed by atoms with Crippen molar-refractivity contribution in [1.29, 1.82) is 0 Å². The summed E-state index contributed by atoms with van der Waals surface area (Å²) in [5.41, 5.74) is 2.20. The van der Waals surface area contributed by atoms with E-state index in [0.717, 1.165) is 23.4 Å². The molecule has 1 aliphatic carbocycles. The van der Waals surface area contributed by atoms with Gasteiger partial charge in [0, 0.05) is 25.2 Å². The molecule has 5 aromatic rings. The topological polar surface area (TPSA) is 117 Å². The minimum Gasteiger partial charge on any atom is -0.336 e. The number of aromatic nitrogens is 5. The number of nitrogens with one attached hydrogen (secondary N) is 2. The van der Waals surface area contributed by atoms with Gasteiger partial charge in [-0.15, -0.1) is 11.3 Å². The Kier molecular flexibility index (Phi) is 6.90. The fourth-order valence-corrected chi connectivity index (χ4v) is 6.03. The first-order valence-corrected chi connectivity index (χ1v) is 14.3. The Bertz CT molecular complexity index is 1880. The summed E-state index contributed by atoms with van der Waals surface area (Å²) in [6.07, 6.45) is 2.34. The zero-order chi connectivity index (χ0) is 28.8. The third-order valence-corrected chi connectivity index (χ3v) is 8.65. The maximum absolute atomic E-state index is 14.8. The van der Waals surface area contributed by atoms with E-state index in [4.69, 9.17) is 4.98 Å². The maximum Gasteiger partial charge on any atom is 0.330 e. The fourth-order valence-electron chi connectivity index (χ4n) is 5.14. The quantitative estimate of drug-likeness (QED) is 0.280. The third-order valence-electron chi connectivity index (χ3n) is 7.59. The number of carbonyl (C=O) groups excluding carboxylic acids is 1. The zero-order valence-corrected chi connectivity index (χ0v) is 23.7. The van der Waals surface area contributed by atoms with Gasteiger partial charge in [0.05, 0.1) is 10.7 Å². The Labute approximate surface area is 238 Å². The van der Waals surface area contributed by atoms with Gasteiger partial charge in [-0.25, -0.2) is 19.2 Å². The number of fused-ring (bicyclic) bond motifs is 1. The predicted molar refractivity (Wildman–Crippen MR) is 156 cm³/mol. The van der Waals surface area contributed by atoms with Crippen LogP contribution in [0.15, 0.2) is 58.1 Å². The average molecular weight is 573 g/mol. The van der Waals surface area contributed by atoms with Crippen molar-refractivity contribution in [3.63, 3.8) is 0 Å². The Balaban J connectivity index is 1.39. The predicted octanol–water partition coefficient (Wildman–Crippen LogP) is 4.69. The van der Waals surface area contributed by atoms with Gasteiger partial charge in [-0.05, 0) is 68.4 Å². The molecule has 2 aromatic carbocycles. The molecule has 1 amide bonds. The van der Waals surface area contributed by atoms with Crippen molar-refractivity contribution in [2.75, 3.05) is 11.9 Å². The first-order valence-electron chi connectivity index (χ1n) is 13.5. The van der Waals surface area contributed by atoms with Crippen molar-refractivity contribution in [3.8, 4) is 0 Å². The van der Waals surface area contributed by atoms with E-state index in [2.05, 4.69) is 15.0 Å². The second-order valence-electron chi connectivity index (χ2n) is 10.6. The summed E-state index contributed by atoms with van der Waals surface area (Å²) < 4.78 is 16.3. The molecule has 1 aliphatic rings. The number of thiazole rings is 1. The van der Waals surface area contributed by atoms with Gasteiger partial charge in [0.15, 0.2) is 5.65 Å². The van der Waals surface area contributed by atoms with Gasteiger partial charge in [0.2, 0.25) is 0 Å². The van der Waals surface area contributed by atoms with Crippen LogP contribution in [-0.4, -0.2) is 37.5 Å². The van der Waals surface area contributed by atoms with Gasteiger partial charge >= 0.3 is 5.69 Å². The molecule has 3 heterocycles. The largest absolute Gasteiger partial charge is 0.336 e. The molecule has 0 bridgehead atoms. The number of imidazole rings is 1. The van der Waals surface area contributed by atoms with Crippen molar-refractivity contribution in [2.24, 2.45) is 5.92 Å². The number of hydrogen-bond donors (Lipinski definition) is 2. The second kappa shape index (κ2) is 10.5. The van der Waals surface area contributed by atoms with Crippen LogP contribution in [-0.2, 0) is 13.0 Å². The van der Waals surface area contributed by atoms with Crippen LogP contribution in [0.5, 0.6) is 0 Å². The Morgan fingerprint density at radius 1 is 1.10 bits per heavy atom. The lowest BCUT2D eigenvalue weighted by Crippen LogP contribution is -2.30. The van der Waals surface area contributed by atoms with E-state index in [1.54, 1.807) is 30.1 Å². The molecule has 1 saturated carbocycles. The summed E-state index contributed by atoms with van der Waals surface area (Å²) in [6, 6.07) is 14.0. The number of hydrogen-bond acceptors (Lipinski definition) is 6. The number of H-pyrrole nitrogens is 2. The highest BCUT2D eigenvalue weighted by Crippen LogP contribution is 2.33. The highest BCUT2D eigenvalue weighted by Gasteiger charge is 2.27. The van der Waals surface area contributed by atoms with Crippen molar-refractivity contribution >= 4 is 34.1 Å². The molecule has 3 aromatic heterocycles. The van der Waals surface area contributed by atoms with Gasteiger partial charge in [0.25, 0.3) is 11.5 Å². The van der Waals surface area contributed by atoms with Crippen LogP contribution in [0.4, 0.5) is 10.1 Å². The smallest absolute Gasteiger partial charge is 0.330 e. The normalized spacial score (nSPS) is 14.0. The summed E-state index contributed by atoms with van der Waals surface area (Å²) in [5.74, 6) is -0.0919. The van der Waals surface area contributed by atoms with Gasteiger partial charge in [0.1, 0.15) is 22.0 Å². The molecule has 2 N–H and O–H groups in total. The zero-order valence-electron chi connectivity index (χ0n) is 22.9. The lowest BCUT2D eigenvalue weighted by atomic mass is 9.91. The van der Waals surface area contributed by atoms with Crippen LogP contribution in [0.2, 0.25) is 0 Å². The first kappa shape index (κ1) is 26.8. The van der Waals surface area contributed by atoms with Gasteiger partial charge < -0.3 is 9.88 Å². The van der Waals surface area contributed by atoms with Crippen LogP contribution in [0, 0.1) is 25.6 Å². The third kappa shape index (κ3) is 5.24. The number of benzene rings is 2. The molecule has 41 heavy (non-hydrogen) atoms. The molecule has 0 aliphatic heterocycles. The molecule has 6 rings (SSSR count). The van der Waals surface area contributed by atoms with E-state index >= 15 is 0 Å². The van der Waals surface area contributed by atoms with Crippen LogP contribution in [0.25, 0.3) is 11.2 Å². The first-order chi connectivity index (χ1) is 19.7. The van der Waals surface area contributed by atoms with Gasteiger partial charge in [-0.1, -0.05) is 30.3 Å². The average Bonchev–Trinajstić information content (AvgIpc) is 3.56. The maximum atomic E-state index is 14.8. The number of carbonyl (C=O) groups is 1. The van der Waals surface area contributed by atoms with E-state index in [-0.39, 0.29) is 23.7 Å². The summed E-state index contributed by atoms with van der Waals surface area (Å²) in [6.45, 7) is 4.18. The fraction of sp³-hybridized carbons (Fsp3) is 0.300. The molecule has 1 unspecified atom stereocenters. The monoisotopic (exact) mass is 572 g/mol. The Morgan fingerprint density at radius 3 is 2.49 bits per heavy atom. The van der Waals surface area contributed by atoms with Crippen LogP contribution < -0.4 is 16.1 Å². The number of aryl methyl sites for hydroxylation is 2. The van der Waals surface area contributed by atoms with E-state index < -0.39 is 17.2 Å². The van der Waals surface area contributed by atoms with E-state index in [0.29, 0.717) is 45.8 Å². The Hall–Kier alpha value is -4.38. The van der Waals surface area contributed by atoms with Crippen LogP contribution >= 0.6 is 11.3 Å². The van der Waals surface area contributed by atoms with Crippen LogP contribution in [0.3, 0.4) is 0 Å². The summed E-state index contributed by atoms with van der Waals surface area (Å²) in [7, 11) is 1.72. The van der Waals surface area contributed by atoms with E-state index in [1.165, 1.54) is 22.0 Å².